The molecule has 0 aliphatic carbocycles. The van der Waals surface area contributed by atoms with E-state index in [0.717, 1.165) is 17.8 Å². The van der Waals surface area contributed by atoms with Crippen molar-refractivity contribution in [2.45, 2.75) is 22.8 Å². The molecule has 1 heterocycles. The Hall–Kier alpha value is -0.250. The maximum Gasteiger partial charge on any atom is 0.0887 e. The van der Waals surface area contributed by atoms with Gasteiger partial charge in [-0.25, -0.2) is 0 Å². The van der Waals surface area contributed by atoms with E-state index in [1.807, 2.05) is 17.8 Å². The third-order valence-electron chi connectivity index (χ3n) is 2.17. The third kappa shape index (κ3) is 2.65. The molecule has 0 amide bonds. The molecule has 0 aliphatic heterocycles. The molecule has 0 spiro atoms. The van der Waals surface area contributed by atoms with Crippen LogP contribution in [0, 0.1) is 0 Å². The molecule has 1 unspecified atom stereocenters. The normalized spacial score (nSPS) is 13.2. The van der Waals surface area contributed by atoms with E-state index in [-0.39, 0.29) is 0 Å². The molecule has 0 N–H and O–H groups in total. The molecule has 2 rings (SSSR count). The van der Waals surface area contributed by atoms with Gasteiger partial charge in [-0.2, -0.15) is 4.37 Å². The van der Waals surface area contributed by atoms with Crippen molar-refractivity contribution in [3.8, 4) is 0 Å². The van der Waals surface area contributed by atoms with Crippen LogP contribution in [0.3, 0.4) is 0 Å². The van der Waals surface area contributed by atoms with Crippen molar-refractivity contribution in [2.75, 3.05) is 5.88 Å². The van der Waals surface area contributed by atoms with Gasteiger partial charge in [0.2, 0.25) is 0 Å². The van der Waals surface area contributed by atoms with Gasteiger partial charge in [0.15, 0.2) is 0 Å². The lowest BCUT2D eigenvalue weighted by molar-refractivity contribution is 0.914. The molecular weight excluding hydrogens is 246 g/mol. The number of hydrogen-bond donors (Lipinski definition) is 0. The smallest absolute Gasteiger partial charge is 0.0887 e. The highest BCUT2D eigenvalue weighted by Crippen LogP contribution is 2.35. The molecule has 0 saturated heterocycles. The first-order chi connectivity index (χ1) is 7.31. The number of halogens is 1. The van der Waals surface area contributed by atoms with E-state index in [4.69, 9.17) is 11.6 Å². The molecule has 1 nitrogen and oxygen atoms in total. The standard InChI is InChI=1S/C11H12ClNS2/c1-8(6-7-12)14-11-9-4-2-3-5-10(9)13-15-11/h2-5,8H,6-7H2,1H3. The Morgan fingerprint density at radius 3 is 3.07 bits per heavy atom. The second kappa shape index (κ2) is 5.19. The fourth-order valence-electron chi connectivity index (χ4n) is 1.35. The van der Waals surface area contributed by atoms with E-state index in [1.165, 1.54) is 9.60 Å². The first-order valence-corrected chi connectivity index (χ1v) is 7.07. The maximum absolute atomic E-state index is 5.73. The molecule has 0 radical (unpaired) electrons. The maximum atomic E-state index is 5.73. The van der Waals surface area contributed by atoms with Gasteiger partial charge in [-0.15, -0.1) is 23.4 Å². The summed E-state index contributed by atoms with van der Waals surface area (Å²) in [5, 5.41) is 1.83. The summed E-state index contributed by atoms with van der Waals surface area (Å²) in [6.45, 7) is 2.21. The van der Waals surface area contributed by atoms with Crippen molar-refractivity contribution < 1.29 is 0 Å². The van der Waals surface area contributed by atoms with Crippen LogP contribution in [0.4, 0.5) is 0 Å². The highest BCUT2D eigenvalue weighted by molar-refractivity contribution is 8.01. The van der Waals surface area contributed by atoms with E-state index in [2.05, 4.69) is 29.5 Å². The Balaban J connectivity index is 2.21. The Kier molecular flexibility index (Phi) is 3.89. The van der Waals surface area contributed by atoms with Crippen LogP contribution in [0.15, 0.2) is 28.5 Å². The molecule has 4 heteroatoms. The topological polar surface area (TPSA) is 12.9 Å². The summed E-state index contributed by atoms with van der Waals surface area (Å²) >= 11 is 9.19. The number of benzene rings is 1. The second-order valence-electron chi connectivity index (χ2n) is 3.39. The van der Waals surface area contributed by atoms with Crippen LogP contribution in [-0.4, -0.2) is 15.5 Å². The van der Waals surface area contributed by atoms with Crippen LogP contribution in [0.5, 0.6) is 0 Å². The van der Waals surface area contributed by atoms with Gasteiger partial charge < -0.3 is 0 Å². The van der Waals surface area contributed by atoms with Gasteiger partial charge in [0.25, 0.3) is 0 Å². The van der Waals surface area contributed by atoms with Crippen LogP contribution >= 0.6 is 34.9 Å². The zero-order chi connectivity index (χ0) is 10.7. The van der Waals surface area contributed by atoms with E-state index >= 15 is 0 Å². The number of aromatic nitrogens is 1. The lowest BCUT2D eigenvalue weighted by Crippen LogP contribution is -1.95. The minimum absolute atomic E-state index is 0.561. The van der Waals surface area contributed by atoms with Crippen molar-refractivity contribution in [3.63, 3.8) is 0 Å². The van der Waals surface area contributed by atoms with Gasteiger partial charge in [-0.05, 0) is 24.0 Å². The molecule has 80 valence electrons. The molecule has 1 aromatic carbocycles. The molecule has 1 atom stereocenters. The lowest BCUT2D eigenvalue weighted by atomic mass is 10.3. The average molecular weight is 258 g/mol. The summed E-state index contributed by atoms with van der Waals surface area (Å²) in [5.74, 6) is 0.727. The number of fused-ring (bicyclic) bond motifs is 1. The predicted octanol–water partition coefficient (Wildman–Crippen LogP) is 4.41. The van der Waals surface area contributed by atoms with Crippen LogP contribution in [0.1, 0.15) is 13.3 Å². The highest BCUT2D eigenvalue weighted by atomic mass is 35.5. The number of rotatable bonds is 4. The molecule has 15 heavy (non-hydrogen) atoms. The third-order valence-corrected chi connectivity index (χ3v) is 4.65. The van der Waals surface area contributed by atoms with E-state index in [9.17, 15) is 0 Å². The molecule has 2 aromatic rings. The van der Waals surface area contributed by atoms with Crippen molar-refractivity contribution in [2.24, 2.45) is 0 Å². The van der Waals surface area contributed by atoms with Crippen molar-refractivity contribution in [3.05, 3.63) is 24.3 Å². The SMILES string of the molecule is CC(CCCl)Sc1snc2ccccc12. The lowest BCUT2D eigenvalue weighted by Gasteiger charge is -2.06. The van der Waals surface area contributed by atoms with Crippen LogP contribution in [0.2, 0.25) is 0 Å². The second-order valence-corrected chi connectivity index (χ2v) is 6.25. The van der Waals surface area contributed by atoms with Gasteiger partial charge >= 0.3 is 0 Å². The molecule has 0 fully saturated rings. The highest BCUT2D eigenvalue weighted by Gasteiger charge is 2.09. The average Bonchev–Trinajstić information content (AvgIpc) is 2.62. The van der Waals surface area contributed by atoms with Gasteiger partial charge in [-0.3, -0.25) is 0 Å². The largest absolute Gasteiger partial charge is 0.191 e. The fourth-order valence-corrected chi connectivity index (χ4v) is 4.09. The first kappa shape index (κ1) is 11.2. The monoisotopic (exact) mass is 257 g/mol. The fraction of sp³-hybridized carbons (Fsp3) is 0.364. The van der Waals surface area contributed by atoms with Crippen molar-refractivity contribution in [1.82, 2.24) is 4.37 Å². The predicted molar refractivity (Wildman–Crippen MR) is 70.3 cm³/mol. The van der Waals surface area contributed by atoms with Crippen molar-refractivity contribution in [1.29, 1.82) is 0 Å². The molecule has 0 bridgehead atoms. The Morgan fingerprint density at radius 2 is 2.27 bits per heavy atom. The number of hydrogen-bond acceptors (Lipinski definition) is 3. The zero-order valence-electron chi connectivity index (χ0n) is 8.44. The summed E-state index contributed by atoms with van der Waals surface area (Å²) in [4.78, 5) is 0. The molecule has 1 aromatic heterocycles. The summed E-state index contributed by atoms with van der Waals surface area (Å²) in [6, 6.07) is 8.28. The summed E-state index contributed by atoms with van der Waals surface area (Å²) < 4.78 is 5.73. The van der Waals surface area contributed by atoms with E-state index in [0.29, 0.717) is 5.25 Å². The molecule has 0 saturated carbocycles. The summed E-state index contributed by atoms with van der Waals surface area (Å²) in [5.41, 5.74) is 1.10. The molecular formula is C11H12ClNS2. The quantitative estimate of drug-likeness (QED) is 0.595. The van der Waals surface area contributed by atoms with Gasteiger partial charge in [0.1, 0.15) is 0 Å². The van der Waals surface area contributed by atoms with E-state index < -0.39 is 0 Å². The van der Waals surface area contributed by atoms with Crippen molar-refractivity contribution >= 4 is 45.8 Å². The number of nitrogens with zero attached hydrogens (tertiary/aromatic N) is 1. The van der Waals surface area contributed by atoms with Gasteiger partial charge in [0.05, 0.1) is 9.73 Å². The van der Waals surface area contributed by atoms with Gasteiger partial charge in [-0.1, -0.05) is 25.1 Å². The van der Waals surface area contributed by atoms with Crippen LogP contribution in [-0.2, 0) is 0 Å². The molecule has 0 aliphatic rings. The number of alkyl halides is 1. The van der Waals surface area contributed by atoms with Gasteiger partial charge in [0, 0.05) is 16.5 Å². The summed E-state index contributed by atoms with van der Waals surface area (Å²) in [7, 11) is 0. The summed E-state index contributed by atoms with van der Waals surface area (Å²) in [6.07, 6.45) is 1.04. The number of thioether (sulfide) groups is 1. The minimum Gasteiger partial charge on any atom is -0.191 e. The Labute approximate surface area is 103 Å². The van der Waals surface area contributed by atoms with Crippen LogP contribution in [0.25, 0.3) is 10.9 Å². The first-order valence-electron chi connectivity index (χ1n) is 4.88. The van der Waals surface area contributed by atoms with Crippen LogP contribution < -0.4 is 0 Å². The zero-order valence-corrected chi connectivity index (χ0v) is 10.8. The minimum atomic E-state index is 0.561. The Morgan fingerprint density at radius 1 is 1.47 bits per heavy atom. The Bertz CT molecular complexity index is 441. The van der Waals surface area contributed by atoms with E-state index in [1.54, 1.807) is 11.5 Å².